The van der Waals surface area contributed by atoms with Crippen LogP contribution in [-0.4, -0.2) is 31.2 Å². The number of likely N-dealkylation sites (tertiary alicyclic amines) is 1. The lowest BCUT2D eigenvalue weighted by molar-refractivity contribution is -0.156. The zero-order valence-electron chi connectivity index (χ0n) is 8.23. The Bertz CT molecular complexity index is 166. The highest BCUT2D eigenvalue weighted by atomic mass is 19.4. The van der Waals surface area contributed by atoms with Gasteiger partial charge in [-0.15, -0.1) is 0 Å². The van der Waals surface area contributed by atoms with Crippen LogP contribution in [0.5, 0.6) is 0 Å². The maximum atomic E-state index is 12.1. The maximum absolute atomic E-state index is 12.1. The van der Waals surface area contributed by atoms with Gasteiger partial charge in [-0.3, -0.25) is 0 Å². The minimum Gasteiger partial charge on any atom is -0.306 e. The summed E-state index contributed by atoms with van der Waals surface area (Å²) in [5, 5.41) is 0. The van der Waals surface area contributed by atoms with Crippen LogP contribution in [0.4, 0.5) is 13.2 Å². The van der Waals surface area contributed by atoms with E-state index in [4.69, 9.17) is 0 Å². The number of alkyl halides is 3. The van der Waals surface area contributed by atoms with Gasteiger partial charge in [0.05, 0.1) is 5.92 Å². The van der Waals surface area contributed by atoms with Crippen LogP contribution in [0.2, 0.25) is 0 Å². The van der Waals surface area contributed by atoms with E-state index >= 15 is 0 Å². The molecule has 1 saturated carbocycles. The molecule has 1 heterocycles. The molecule has 13 heavy (non-hydrogen) atoms. The largest absolute Gasteiger partial charge is 0.392 e. The molecule has 0 aromatic heterocycles. The topological polar surface area (TPSA) is 3.24 Å². The summed E-state index contributed by atoms with van der Waals surface area (Å²) in [6, 6.07) is 0. The molecule has 0 aromatic rings. The number of rotatable bonds is 0. The summed E-state index contributed by atoms with van der Waals surface area (Å²) < 4.78 is 36.2. The molecular weight excluding hydrogens is 179 g/mol. The molecule has 0 amide bonds. The molecule has 2 fully saturated rings. The Morgan fingerprint density at radius 2 is 1.46 bits per heavy atom. The Morgan fingerprint density at radius 1 is 1.08 bits per heavy atom. The highest BCUT2D eigenvalue weighted by Crippen LogP contribution is 2.58. The van der Waals surface area contributed by atoms with Gasteiger partial charge in [0.15, 0.2) is 0 Å². The van der Waals surface area contributed by atoms with Crippen molar-refractivity contribution in [2.75, 3.05) is 20.1 Å². The second-order valence-electron chi connectivity index (χ2n) is 3.62. The summed E-state index contributed by atoms with van der Waals surface area (Å²) in [5.41, 5.74) is 0. The van der Waals surface area contributed by atoms with Crippen molar-refractivity contribution in [2.45, 2.75) is 20.0 Å². The smallest absolute Gasteiger partial charge is 0.306 e. The van der Waals surface area contributed by atoms with Crippen LogP contribution in [0.15, 0.2) is 0 Å². The lowest BCUT2D eigenvalue weighted by Gasteiger charge is -2.14. The van der Waals surface area contributed by atoms with E-state index in [1.54, 1.807) is 0 Å². The molecule has 1 aliphatic heterocycles. The van der Waals surface area contributed by atoms with Crippen molar-refractivity contribution in [3.05, 3.63) is 0 Å². The summed E-state index contributed by atoms with van der Waals surface area (Å²) in [6.45, 7) is 5.27. The molecule has 2 rings (SSSR count). The van der Waals surface area contributed by atoms with Crippen molar-refractivity contribution in [3.63, 3.8) is 0 Å². The average molecular weight is 195 g/mol. The van der Waals surface area contributed by atoms with Crippen molar-refractivity contribution in [3.8, 4) is 0 Å². The van der Waals surface area contributed by atoms with Crippen LogP contribution in [-0.2, 0) is 0 Å². The van der Waals surface area contributed by atoms with E-state index in [0.717, 1.165) is 0 Å². The number of fused-ring (bicyclic) bond motifs is 1. The minimum atomic E-state index is -3.93. The molecule has 0 bridgehead atoms. The van der Waals surface area contributed by atoms with Gasteiger partial charge in [-0.1, -0.05) is 13.8 Å². The van der Waals surface area contributed by atoms with Gasteiger partial charge in [-0.25, -0.2) is 0 Å². The Morgan fingerprint density at radius 3 is 1.77 bits per heavy atom. The standard InChI is InChI=1S/C7H10F3N.C2H6/c1-11-2-4-5(3-11)6(4)7(8,9)10;1-2/h4-6H,2-3H2,1H3;1-2H3. The van der Waals surface area contributed by atoms with Crippen LogP contribution in [0.3, 0.4) is 0 Å². The number of halogens is 3. The van der Waals surface area contributed by atoms with Gasteiger partial charge in [0.25, 0.3) is 0 Å². The molecule has 0 aromatic carbocycles. The van der Waals surface area contributed by atoms with E-state index in [2.05, 4.69) is 0 Å². The van der Waals surface area contributed by atoms with Gasteiger partial charge in [0.2, 0.25) is 0 Å². The van der Waals surface area contributed by atoms with Gasteiger partial charge in [-0.05, 0) is 18.9 Å². The van der Waals surface area contributed by atoms with E-state index in [1.807, 2.05) is 25.8 Å². The van der Waals surface area contributed by atoms with E-state index in [-0.39, 0.29) is 11.8 Å². The summed E-state index contributed by atoms with van der Waals surface area (Å²) >= 11 is 0. The molecule has 2 unspecified atom stereocenters. The van der Waals surface area contributed by atoms with Gasteiger partial charge in [0.1, 0.15) is 0 Å². The van der Waals surface area contributed by atoms with E-state index in [9.17, 15) is 13.2 Å². The van der Waals surface area contributed by atoms with Crippen LogP contribution in [0.25, 0.3) is 0 Å². The molecule has 0 spiro atoms. The SMILES string of the molecule is CC.CN1CC2C(C1)C2C(F)(F)F. The summed E-state index contributed by atoms with van der Waals surface area (Å²) in [5.74, 6) is -1.14. The first-order valence-corrected chi connectivity index (χ1v) is 4.75. The Hall–Kier alpha value is -0.250. The van der Waals surface area contributed by atoms with E-state index in [0.29, 0.717) is 13.1 Å². The van der Waals surface area contributed by atoms with Gasteiger partial charge >= 0.3 is 6.18 Å². The zero-order chi connectivity index (χ0) is 10.2. The third-order valence-corrected chi connectivity index (χ3v) is 2.75. The molecule has 1 nitrogen and oxygen atoms in total. The Kier molecular flexibility index (Phi) is 2.90. The third-order valence-electron chi connectivity index (χ3n) is 2.75. The third kappa shape index (κ3) is 1.98. The van der Waals surface area contributed by atoms with Crippen LogP contribution < -0.4 is 0 Å². The minimum absolute atomic E-state index is 0.0833. The zero-order valence-corrected chi connectivity index (χ0v) is 8.23. The monoisotopic (exact) mass is 195 g/mol. The summed E-state index contributed by atoms with van der Waals surface area (Å²) in [4.78, 5) is 1.97. The molecule has 2 atom stereocenters. The molecule has 2 aliphatic rings. The van der Waals surface area contributed by atoms with Gasteiger partial charge in [0, 0.05) is 13.1 Å². The van der Waals surface area contributed by atoms with Gasteiger partial charge < -0.3 is 4.90 Å². The first-order valence-electron chi connectivity index (χ1n) is 4.75. The number of hydrogen-bond donors (Lipinski definition) is 0. The number of hydrogen-bond acceptors (Lipinski definition) is 1. The molecule has 4 heteroatoms. The van der Waals surface area contributed by atoms with Crippen molar-refractivity contribution in [1.29, 1.82) is 0 Å². The average Bonchev–Trinajstić information content (AvgIpc) is 2.55. The highest BCUT2D eigenvalue weighted by Gasteiger charge is 2.66. The molecule has 1 saturated heterocycles. The first-order chi connectivity index (χ1) is 6.00. The van der Waals surface area contributed by atoms with Crippen LogP contribution >= 0.6 is 0 Å². The fourth-order valence-electron chi connectivity index (χ4n) is 2.22. The Balaban J connectivity index is 0.000000396. The molecule has 78 valence electrons. The highest BCUT2D eigenvalue weighted by molar-refractivity contribution is 5.07. The van der Waals surface area contributed by atoms with Crippen molar-refractivity contribution in [2.24, 2.45) is 17.8 Å². The number of piperidine rings is 1. The molecule has 0 N–H and O–H groups in total. The predicted octanol–water partition coefficient (Wildman–Crippen LogP) is 2.38. The molecule has 1 aliphatic carbocycles. The lowest BCUT2D eigenvalue weighted by atomic mass is 10.2. The van der Waals surface area contributed by atoms with Crippen molar-refractivity contribution >= 4 is 0 Å². The quantitative estimate of drug-likeness (QED) is 0.573. The summed E-state index contributed by atoms with van der Waals surface area (Å²) in [7, 11) is 1.87. The Labute approximate surface area is 76.9 Å². The van der Waals surface area contributed by atoms with Gasteiger partial charge in [-0.2, -0.15) is 13.2 Å². The van der Waals surface area contributed by atoms with Crippen LogP contribution in [0.1, 0.15) is 13.8 Å². The molecule has 0 radical (unpaired) electrons. The van der Waals surface area contributed by atoms with Crippen LogP contribution in [0, 0.1) is 17.8 Å². The first kappa shape index (κ1) is 10.8. The van der Waals surface area contributed by atoms with E-state index < -0.39 is 12.1 Å². The summed E-state index contributed by atoms with van der Waals surface area (Å²) in [6.07, 6.45) is -3.93. The fraction of sp³-hybridized carbons (Fsp3) is 1.00. The second kappa shape index (κ2) is 3.48. The maximum Gasteiger partial charge on any atom is 0.392 e. The fourth-order valence-corrected chi connectivity index (χ4v) is 2.22. The van der Waals surface area contributed by atoms with Crippen molar-refractivity contribution in [1.82, 2.24) is 4.90 Å². The second-order valence-corrected chi connectivity index (χ2v) is 3.62. The molecular formula is C9H16F3N. The normalized spacial score (nSPS) is 37.8. The lowest BCUT2D eigenvalue weighted by Crippen LogP contribution is -2.25. The predicted molar refractivity (Wildman–Crippen MR) is 45.4 cm³/mol. The number of nitrogens with zero attached hydrogens (tertiary/aromatic N) is 1. The van der Waals surface area contributed by atoms with E-state index in [1.165, 1.54) is 0 Å². The van der Waals surface area contributed by atoms with Crippen molar-refractivity contribution < 1.29 is 13.2 Å².